The molecule has 1 fully saturated rings. The van der Waals surface area contributed by atoms with Crippen LogP contribution < -0.4 is 5.32 Å². The molecule has 5 rings (SSSR count). The molecule has 7 nitrogen and oxygen atoms in total. The van der Waals surface area contributed by atoms with Crippen LogP contribution in [0.2, 0.25) is 0 Å². The molecule has 3 aromatic heterocycles. The van der Waals surface area contributed by atoms with Gasteiger partial charge in [0.15, 0.2) is 0 Å². The second kappa shape index (κ2) is 6.01. The number of anilines is 1. The molecule has 27 heavy (non-hydrogen) atoms. The molecule has 0 aliphatic heterocycles. The van der Waals surface area contributed by atoms with Gasteiger partial charge in [0.25, 0.3) is 5.91 Å². The minimum Gasteiger partial charge on any atom is -0.339 e. The highest BCUT2D eigenvalue weighted by atomic mass is 19.1. The Labute approximate surface area is 152 Å². The van der Waals surface area contributed by atoms with E-state index >= 15 is 0 Å². The molecule has 2 atom stereocenters. The summed E-state index contributed by atoms with van der Waals surface area (Å²) in [5.41, 5.74) is 2.39. The number of benzene rings is 1. The molecule has 1 aliphatic rings. The number of hydrogen-bond donors (Lipinski definition) is 1. The topological polar surface area (TPSA) is 85.3 Å². The number of aromatic nitrogens is 4. The second-order valence-electron chi connectivity index (χ2n) is 6.42. The van der Waals surface area contributed by atoms with Crippen molar-refractivity contribution < 1.29 is 13.7 Å². The van der Waals surface area contributed by atoms with Crippen molar-refractivity contribution in [1.82, 2.24) is 19.5 Å². The molecule has 0 radical (unpaired) electrons. The lowest BCUT2D eigenvalue weighted by atomic mass is 10.2. The fourth-order valence-corrected chi connectivity index (χ4v) is 2.95. The molecular weight excluding hydrogens is 349 g/mol. The molecular formula is C19H14FN5O2. The average molecular weight is 363 g/mol. The van der Waals surface area contributed by atoms with E-state index in [9.17, 15) is 9.18 Å². The minimum absolute atomic E-state index is 0.280. The standard InChI is InChI=1S/C19H14FN5O2/c20-14-9-13(14)19-23-17(24-27-19)11-4-3-5-12(8-11)22-18(26)15-10-21-16-6-1-2-7-25(15)16/h1-8,10,13-14H,9H2,(H,22,26)/t13-,14+/m1/s1. The molecule has 4 aromatic rings. The van der Waals surface area contributed by atoms with E-state index in [1.54, 1.807) is 34.9 Å². The Morgan fingerprint density at radius 1 is 1.26 bits per heavy atom. The lowest BCUT2D eigenvalue weighted by Gasteiger charge is -2.06. The highest BCUT2D eigenvalue weighted by molar-refractivity contribution is 6.03. The number of nitrogens with zero attached hydrogens (tertiary/aromatic N) is 4. The summed E-state index contributed by atoms with van der Waals surface area (Å²) in [4.78, 5) is 21.1. The van der Waals surface area contributed by atoms with Gasteiger partial charge in [0, 0.05) is 17.4 Å². The lowest BCUT2D eigenvalue weighted by Crippen LogP contribution is -2.14. The van der Waals surface area contributed by atoms with Crippen LogP contribution in [0.15, 0.2) is 59.4 Å². The van der Waals surface area contributed by atoms with Gasteiger partial charge in [-0.15, -0.1) is 0 Å². The van der Waals surface area contributed by atoms with E-state index in [-0.39, 0.29) is 11.8 Å². The fraction of sp³-hybridized carbons (Fsp3) is 0.158. The molecule has 0 saturated heterocycles. The summed E-state index contributed by atoms with van der Waals surface area (Å²) in [6.45, 7) is 0. The van der Waals surface area contributed by atoms with E-state index < -0.39 is 6.17 Å². The van der Waals surface area contributed by atoms with Crippen LogP contribution in [0.5, 0.6) is 0 Å². The smallest absolute Gasteiger partial charge is 0.274 e. The average Bonchev–Trinajstić information content (AvgIpc) is 3.11. The molecule has 8 heteroatoms. The minimum atomic E-state index is -0.894. The zero-order valence-electron chi connectivity index (χ0n) is 14.0. The van der Waals surface area contributed by atoms with E-state index in [2.05, 4.69) is 20.4 Å². The van der Waals surface area contributed by atoms with E-state index in [1.165, 1.54) is 6.20 Å². The van der Waals surface area contributed by atoms with Gasteiger partial charge in [-0.05, 0) is 30.7 Å². The monoisotopic (exact) mass is 363 g/mol. The van der Waals surface area contributed by atoms with Crippen molar-refractivity contribution in [3.63, 3.8) is 0 Å². The van der Waals surface area contributed by atoms with Crippen molar-refractivity contribution in [3.05, 3.63) is 66.4 Å². The number of nitrogens with one attached hydrogen (secondary N) is 1. The van der Waals surface area contributed by atoms with Crippen LogP contribution in [0.1, 0.15) is 28.7 Å². The predicted molar refractivity (Wildman–Crippen MR) is 95.1 cm³/mol. The molecule has 1 aliphatic carbocycles. The summed E-state index contributed by atoms with van der Waals surface area (Å²) in [7, 11) is 0. The molecule has 1 saturated carbocycles. The van der Waals surface area contributed by atoms with Gasteiger partial charge in [-0.1, -0.05) is 23.4 Å². The third-order valence-corrected chi connectivity index (χ3v) is 4.50. The summed E-state index contributed by atoms with van der Waals surface area (Å²) >= 11 is 0. The van der Waals surface area contributed by atoms with Gasteiger partial charge >= 0.3 is 0 Å². The summed E-state index contributed by atoms with van der Waals surface area (Å²) in [5.74, 6) is 0.120. The highest BCUT2D eigenvalue weighted by Crippen LogP contribution is 2.43. The Morgan fingerprint density at radius 2 is 2.15 bits per heavy atom. The molecule has 0 spiro atoms. The maximum absolute atomic E-state index is 13.1. The summed E-state index contributed by atoms with van der Waals surface area (Å²) in [6, 6.07) is 12.6. The SMILES string of the molecule is O=C(Nc1cccc(-c2noc([C@@H]3C[C@@H]3F)n2)c1)c1cnc2ccccn12. The van der Waals surface area contributed by atoms with E-state index in [1.807, 2.05) is 18.2 Å². The summed E-state index contributed by atoms with van der Waals surface area (Å²) < 4.78 is 20.0. The molecule has 0 bridgehead atoms. The van der Waals surface area contributed by atoms with Crippen molar-refractivity contribution in [2.45, 2.75) is 18.5 Å². The van der Waals surface area contributed by atoms with Crippen LogP contribution in [0, 0.1) is 0 Å². The Morgan fingerprint density at radius 3 is 3.00 bits per heavy atom. The van der Waals surface area contributed by atoms with Crippen LogP contribution in [0.4, 0.5) is 10.1 Å². The Kier molecular flexibility index (Phi) is 3.49. The molecule has 0 unspecified atom stereocenters. The zero-order chi connectivity index (χ0) is 18.4. The quantitative estimate of drug-likeness (QED) is 0.600. The lowest BCUT2D eigenvalue weighted by molar-refractivity contribution is 0.102. The van der Waals surface area contributed by atoms with Gasteiger partial charge in [0.2, 0.25) is 11.7 Å². The third kappa shape index (κ3) is 2.84. The predicted octanol–water partition coefficient (Wildman–Crippen LogP) is 3.46. The number of carbonyl (C=O) groups excluding carboxylic acids is 1. The summed E-state index contributed by atoms with van der Waals surface area (Å²) in [5, 5.41) is 6.76. The van der Waals surface area contributed by atoms with Gasteiger partial charge in [0.1, 0.15) is 17.5 Å². The largest absolute Gasteiger partial charge is 0.339 e. The van der Waals surface area contributed by atoms with Crippen molar-refractivity contribution in [1.29, 1.82) is 0 Å². The van der Waals surface area contributed by atoms with Crippen LogP contribution in [0.3, 0.4) is 0 Å². The van der Waals surface area contributed by atoms with E-state index in [0.29, 0.717) is 40.7 Å². The number of alkyl halides is 1. The number of fused-ring (bicyclic) bond motifs is 1. The maximum atomic E-state index is 13.1. The van der Waals surface area contributed by atoms with E-state index in [0.717, 1.165) is 0 Å². The number of pyridine rings is 1. The molecule has 1 amide bonds. The third-order valence-electron chi connectivity index (χ3n) is 4.50. The number of rotatable bonds is 4. The number of carbonyl (C=O) groups is 1. The van der Waals surface area contributed by atoms with Gasteiger partial charge in [-0.25, -0.2) is 9.37 Å². The second-order valence-corrected chi connectivity index (χ2v) is 6.42. The molecule has 134 valence electrons. The van der Waals surface area contributed by atoms with Gasteiger partial charge in [-0.3, -0.25) is 9.20 Å². The van der Waals surface area contributed by atoms with Gasteiger partial charge in [0.05, 0.1) is 12.1 Å². The van der Waals surface area contributed by atoms with Crippen molar-refractivity contribution in [2.24, 2.45) is 0 Å². The van der Waals surface area contributed by atoms with Crippen LogP contribution in [-0.4, -0.2) is 31.6 Å². The summed E-state index contributed by atoms with van der Waals surface area (Å²) in [6.07, 6.45) is 2.85. The highest BCUT2D eigenvalue weighted by Gasteiger charge is 2.43. The number of hydrogen-bond acceptors (Lipinski definition) is 5. The molecule has 1 aromatic carbocycles. The van der Waals surface area contributed by atoms with Crippen LogP contribution in [-0.2, 0) is 0 Å². The maximum Gasteiger partial charge on any atom is 0.274 e. The number of amides is 1. The number of imidazole rings is 1. The number of halogens is 1. The first-order valence-corrected chi connectivity index (χ1v) is 8.50. The molecule has 1 N–H and O–H groups in total. The van der Waals surface area contributed by atoms with Crippen molar-refractivity contribution in [2.75, 3.05) is 5.32 Å². The first-order valence-electron chi connectivity index (χ1n) is 8.50. The first-order chi connectivity index (χ1) is 13.2. The Bertz CT molecular complexity index is 1150. The van der Waals surface area contributed by atoms with E-state index in [4.69, 9.17) is 4.52 Å². The van der Waals surface area contributed by atoms with Gasteiger partial charge in [-0.2, -0.15) is 4.98 Å². The Balaban J connectivity index is 1.39. The van der Waals surface area contributed by atoms with Crippen molar-refractivity contribution in [3.8, 4) is 11.4 Å². The van der Waals surface area contributed by atoms with Crippen LogP contribution in [0.25, 0.3) is 17.0 Å². The normalized spacial score (nSPS) is 18.6. The van der Waals surface area contributed by atoms with Crippen LogP contribution >= 0.6 is 0 Å². The fourth-order valence-electron chi connectivity index (χ4n) is 2.95. The van der Waals surface area contributed by atoms with Gasteiger partial charge < -0.3 is 9.84 Å². The van der Waals surface area contributed by atoms with Crippen molar-refractivity contribution >= 4 is 17.2 Å². The molecule has 3 heterocycles. The first kappa shape index (κ1) is 15.7. The Hall–Kier alpha value is -3.55. The zero-order valence-corrected chi connectivity index (χ0v) is 14.0.